The van der Waals surface area contributed by atoms with Crippen molar-refractivity contribution in [2.24, 2.45) is 5.92 Å². The van der Waals surface area contributed by atoms with Crippen molar-refractivity contribution >= 4 is 45.9 Å². The van der Waals surface area contributed by atoms with Gasteiger partial charge >= 0.3 is 6.18 Å². The molecule has 294 valence electrons. The third-order valence-electron chi connectivity index (χ3n) is 11.2. The lowest BCUT2D eigenvalue weighted by molar-refractivity contribution is -0.144. The minimum absolute atomic E-state index is 0.00807. The van der Waals surface area contributed by atoms with Crippen molar-refractivity contribution in [2.45, 2.75) is 49.9 Å². The van der Waals surface area contributed by atoms with Crippen molar-refractivity contribution < 1.29 is 45.9 Å². The molecule has 2 N–H and O–H groups in total. The van der Waals surface area contributed by atoms with Gasteiger partial charge in [0.1, 0.15) is 28.8 Å². The molecule has 4 aliphatic rings. The minimum atomic E-state index is -4.69. The van der Waals surface area contributed by atoms with Crippen LogP contribution in [0.1, 0.15) is 59.4 Å². The number of carbonyl (C=O) groups is 4. The Hall–Kier alpha value is -5.65. The number of piperidine rings is 2. The molecule has 8 rings (SSSR count). The van der Waals surface area contributed by atoms with Gasteiger partial charge in [-0.25, -0.2) is 13.8 Å². The van der Waals surface area contributed by atoms with Gasteiger partial charge in [-0.15, -0.1) is 0 Å². The van der Waals surface area contributed by atoms with E-state index in [-0.39, 0.29) is 53.7 Å². The Balaban J connectivity index is 0.820. The van der Waals surface area contributed by atoms with E-state index in [4.69, 9.17) is 9.84 Å². The van der Waals surface area contributed by atoms with Crippen LogP contribution in [0, 0.1) is 17.6 Å². The predicted octanol–water partition coefficient (Wildman–Crippen LogP) is 4.49. The summed E-state index contributed by atoms with van der Waals surface area (Å²) in [5, 5.41) is 10.2. The molecule has 18 heteroatoms. The van der Waals surface area contributed by atoms with E-state index in [2.05, 4.69) is 20.5 Å². The lowest BCUT2D eigenvalue weighted by Crippen LogP contribution is -2.65. The number of halogens is 5. The van der Waals surface area contributed by atoms with E-state index < -0.39 is 47.1 Å². The zero-order valence-corrected chi connectivity index (χ0v) is 30.1. The van der Waals surface area contributed by atoms with E-state index in [9.17, 15) is 32.3 Å². The fourth-order valence-corrected chi connectivity index (χ4v) is 7.97. The molecule has 0 radical (unpaired) electrons. The first-order chi connectivity index (χ1) is 26.7. The van der Waals surface area contributed by atoms with Gasteiger partial charge in [0.2, 0.25) is 17.7 Å². The second-order valence-electron chi connectivity index (χ2n) is 14.7. The largest absolute Gasteiger partial charge is 0.494 e. The highest BCUT2D eigenvalue weighted by Gasteiger charge is 2.43. The average molecular weight is 781 g/mol. The van der Waals surface area contributed by atoms with Crippen molar-refractivity contribution in [2.75, 3.05) is 56.6 Å². The maximum absolute atomic E-state index is 15.0. The number of hydrogen-bond donors (Lipinski definition) is 2. The third kappa shape index (κ3) is 7.12. The van der Waals surface area contributed by atoms with Gasteiger partial charge in [0, 0.05) is 80.6 Å². The fourth-order valence-electron chi connectivity index (χ4n) is 7.97. The van der Waals surface area contributed by atoms with Crippen LogP contribution in [0.2, 0.25) is 0 Å². The molecule has 0 aliphatic carbocycles. The number of alkyl halides is 3. The van der Waals surface area contributed by atoms with E-state index in [0.29, 0.717) is 48.5 Å². The Morgan fingerprint density at radius 1 is 0.946 bits per heavy atom. The number of amides is 4. The first-order valence-corrected chi connectivity index (χ1v) is 18.3. The quantitative estimate of drug-likeness (QED) is 0.196. The van der Waals surface area contributed by atoms with Crippen LogP contribution >= 0.6 is 0 Å². The number of likely N-dealkylation sites (tertiary alicyclic amines) is 2. The van der Waals surface area contributed by atoms with Crippen molar-refractivity contribution in [1.82, 2.24) is 29.9 Å². The molecule has 0 unspecified atom stereocenters. The number of methoxy groups -OCH3 is 1. The highest BCUT2D eigenvalue weighted by atomic mass is 19.4. The molecule has 4 aliphatic heterocycles. The lowest BCUT2D eigenvalue weighted by Gasteiger charge is -2.50. The Morgan fingerprint density at radius 3 is 2.32 bits per heavy atom. The molecule has 4 saturated heterocycles. The number of carbonyl (C=O) groups excluding carboxylic acids is 4. The summed E-state index contributed by atoms with van der Waals surface area (Å²) in [5.41, 5.74) is -0.716. The average Bonchev–Trinajstić information content (AvgIpc) is 3.53. The first-order valence-electron chi connectivity index (χ1n) is 18.3. The summed E-state index contributed by atoms with van der Waals surface area (Å²) < 4.78 is 76.8. The van der Waals surface area contributed by atoms with Gasteiger partial charge in [-0.2, -0.15) is 18.3 Å². The summed E-state index contributed by atoms with van der Waals surface area (Å²) in [6.45, 7) is 3.44. The van der Waals surface area contributed by atoms with E-state index in [1.54, 1.807) is 17.0 Å². The number of pyridine rings is 1. The zero-order valence-electron chi connectivity index (χ0n) is 30.1. The maximum atomic E-state index is 15.0. The minimum Gasteiger partial charge on any atom is -0.494 e. The van der Waals surface area contributed by atoms with Crippen molar-refractivity contribution in [3.8, 4) is 5.75 Å². The Labute approximate surface area is 316 Å². The number of imide groups is 1. The number of benzene rings is 2. The van der Waals surface area contributed by atoms with E-state index in [1.807, 2.05) is 15.8 Å². The highest BCUT2D eigenvalue weighted by molar-refractivity contribution is 6.05. The van der Waals surface area contributed by atoms with Crippen molar-refractivity contribution in [3.05, 3.63) is 77.2 Å². The molecule has 13 nitrogen and oxygen atoms in total. The van der Waals surface area contributed by atoms with Gasteiger partial charge in [-0.1, -0.05) is 6.07 Å². The number of nitrogens with one attached hydrogen (secondary N) is 2. The molecule has 2 aromatic carbocycles. The summed E-state index contributed by atoms with van der Waals surface area (Å²) in [4.78, 5) is 59.1. The number of ether oxygens (including phenoxy) is 1. The number of fused-ring (bicyclic) bond motifs is 1. The fraction of sp³-hybridized carbons (Fsp3) is 0.421. The van der Waals surface area contributed by atoms with Gasteiger partial charge < -0.3 is 19.9 Å². The Kier molecular flexibility index (Phi) is 9.62. The summed E-state index contributed by atoms with van der Waals surface area (Å²) >= 11 is 0. The summed E-state index contributed by atoms with van der Waals surface area (Å²) in [6.07, 6.45) is -1.15. The van der Waals surface area contributed by atoms with Gasteiger partial charge in [0.15, 0.2) is 0 Å². The van der Waals surface area contributed by atoms with Gasteiger partial charge in [0.25, 0.3) is 5.91 Å². The standard InChI is InChI=1S/C38H37F5N8O5/c1-56-31-14-29-20(11-30(31)45-36(54)28-3-2-4-32(44-28)38(41,42)43)17-51(47-29)22-7-9-48(10-8-22)24-18-50(19-24)37(55)21-15-49(16-21)23-12-26(39)34(27(40)13-23)25-5-6-33(52)46-35(25)53/h2-4,11-14,17,21-22,24-25H,5-10,15-16,18-19H2,1H3,(H,45,54)(H,46,52,53)/t25-/m1/s1. The Bertz CT molecular complexity index is 2200. The maximum Gasteiger partial charge on any atom is 0.433 e. The Morgan fingerprint density at radius 2 is 1.66 bits per heavy atom. The van der Waals surface area contributed by atoms with Crippen LogP contribution in [0.3, 0.4) is 0 Å². The molecule has 1 atom stereocenters. The monoisotopic (exact) mass is 780 g/mol. The van der Waals surface area contributed by atoms with E-state index in [1.165, 1.54) is 25.3 Å². The molecule has 56 heavy (non-hydrogen) atoms. The summed E-state index contributed by atoms with van der Waals surface area (Å²) in [7, 11) is 1.42. The van der Waals surface area contributed by atoms with E-state index >= 15 is 8.78 Å². The van der Waals surface area contributed by atoms with Crippen LogP contribution < -0.4 is 20.3 Å². The molecular weight excluding hydrogens is 743 g/mol. The second kappa shape index (κ2) is 14.5. The van der Waals surface area contributed by atoms with Gasteiger partial charge in [-0.3, -0.25) is 34.1 Å². The number of hydrogen-bond acceptors (Lipinski definition) is 9. The van der Waals surface area contributed by atoms with Crippen LogP contribution in [0.25, 0.3) is 10.9 Å². The molecule has 0 spiro atoms. The normalized spacial score (nSPS) is 20.1. The van der Waals surface area contributed by atoms with Crippen LogP contribution in [0.15, 0.2) is 48.7 Å². The van der Waals surface area contributed by atoms with Crippen LogP contribution in [-0.4, -0.2) is 101 Å². The molecule has 4 amide bonds. The van der Waals surface area contributed by atoms with Crippen LogP contribution in [0.4, 0.5) is 33.3 Å². The second-order valence-corrected chi connectivity index (χ2v) is 14.7. The number of anilines is 2. The molecule has 6 heterocycles. The van der Waals surface area contributed by atoms with Gasteiger partial charge in [0.05, 0.1) is 36.2 Å². The van der Waals surface area contributed by atoms with Crippen molar-refractivity contribution in [1.29, 1.82) is 0 Å². The summed E-state index contributed by atoms with van der Waals surface area (Å²) in [5.74, 6) is -4.77. The number of aromatic nitrogens is 3. The number of rotatable bonds is 8. The molecule has 0 bridgehead atoms. The molecule has 2 aromatic heterocycles. The van der Waals surface area contributed by atoms with Gasteiger partial charge in [-0.05, 0) is 49.6 Å². The molecular formula is C38H37F5N8O5. The highest BCUT2D eigenvalue weighted by Crippen LogP contribution is 2.36. The zero-order chi connectivity index (χ0) is 39.5. The SMILES string of the molecule is COc1cc2nn(C3CCN(C4CN(C(=O)C5CN(c6cc(F)c([C@H]7CCC(=O)NC7=O)c(F)c6)C5)C4)CC3)cc2cc1NC(=O)c1cccc(C(F)(F)F)n1. The first kappa shape index (κ1) is 37.3. The predicted molar refractivity (Wildman–Crippen MR) is 191 cm³/mol. The molecule has 4 aromatic rings. The molecule has 0 saturated carbocycles. The molecule has 4 fully saturated rings. The van der Waals surface area contributed by atoms with Crippen molar-refractivity contribution in [3.63, 3.8) is 0 Å². The lowest BCUT2D eigenvalue weighted by atomic mass is 9.89. The topological polar surface area (TPSA) is 142 Å². The summed E-state index contributed by atoms with van der Waals surface area (Å²) in [6, 6.07) is 9.12. The van der Waals surface area contributed by atoms with Crippen LogP contribution in [-0.2, 0) is 20.6 Å². The van der Waals surface area contributed by atoms with Crippen LogP contribution in [0.5, 0.6) is 5.75 Å². The van der Waals surface area contributed by atoms with E-state index in [0.717, 1.165) is 38.1 Å². The smallest absolute Gasteiger partial charge is 0.433 e. The number of nitrogens with zero attached hydrogens (tertiary/aromatic N) is 6. The third-order valence-corrected chi connectivity index (χ3v) is 11.2.